The quantitative estimate of drug-likeness (QED) is 0.758. The Morgan fingerprint density at radius 3 is 2.77 bits per heavy atom. The van der Waals surface area contributed by atoms with Crippen molar-refractivity contribution in [3.8, 4) is 5.75 Å². The van der Waals surface area contributed by atoms with Crippen LogP contribution >= 0.6 is 0 Å². The van der Waals surface area contributed by atoms with Crippen LogP contribution in [0.5, 0.6) is 5.75 Å². The molecule has 22 heavy (non-hydrogen) atoms. The number of aromatic amines is 1. The van der Waals surface area contributed by atoms with Crippen molar-refractivity contribution < 1.29 is 9.90 Å². The zero-order valence-electron chi connectivity index (χ0n) is 12.6. The number of nitrogens with one attached hydrogen (secondary N) is 2. The second kappa shape index (κ2) is 6.64. The van der Waals surface area contributed by atoms with Gasteiger partial charge in [-0.05, 0) is 49.8 Å². The van der Waals surface area contributed by atoms with E-state index in [9.17, 15) is 9.90 Å². The molecule has 0 radical (unpaired) electrons. The predicted octanol–water partition coefficient (Wildman–Crippen LogP) is 2.36. The Morgan fingerprint density at radius 1 is 1.18 bits per heavy atom. The number of benzene rings is 1. The summed E-state index contributed by atoms with van der Waals surface area (Å²) in [5.41, 5.74) is 3.86. The third-order valence-corrected chi connectivity index (χ3v) is 4.16. The van der Waals surface area contributed by atoms with Crippen LogP contribution in [0, 0.1) is 0 Å². The van der Waals surface area contributed by atoms with Gasteiger partial charge in [0.2, 0.25) is 0 Å². The maximum Gasteiger partial charge on any atom is 0.272 e. The van der Waals surface area contributed by atoms with Gasteiger partial charge in [0.25, 0.3) is 5.91 Å². The lowest BCUT2D eigenvalue weighted by Gasteiger charge is -2.06. The standard InChI is InChI=1S/C17H21N3O2/c21-13-8-6-12(7-9-13)10-11-18-17(22)16-14-4-2-1-3-5-15(14)19-20-16/h6-9,21H,1-5,10-11H2,(H,18,22)(H,19,20). The van der Waals surface area contributed by atoms with Crippen molar-refractivity contribution in [2.24, 2.45) is 0 Å². The molecule has 2 aromatic rings. The molecule has 5 heteroatoms. The van der Waals surface area contributed by atoms with Crippen molar-refractivity contribution in [2.45, 2.75) is 38.5 Å². The summed E-state index contributed by atoms with van der Waals surface area (Å²) in [6.45, 7) is 0.561. The fourth-order valence-electron chi connectivity index (χ4n) is 2.91. The number of nitrogens with zero attached hydrogens (tertiary/aromatic N) is 1. The van der Waals surface area contributed by atoms with Crippen molar-refractivity contribution >= 4 is 5.91 Å². The number of fused-ring (bicyclic) bond motifs is 1. The highest BCUT2D eigenvalue weighted by atomic mass is 16.3. The Bertz CT molecular complexity index is 646. The molecule has 0 fully saturated rings. The van der Waals surface area contributed by atoms with E-state index in [1.165, 1.54) is 6.42 Å². The Labute approximate surface area is 129 Å². The molecule has 0 unspecified atom stereocenters. The fourth-order valence-corrected chi connectivity index (χ4v) is 2.91. The summed E-state index contributed by atoms with van der Waals surface area (Å²) in [7, 11) is 0. The number of phenols is 1. The Kier molecular flexibility index (Phi) is 4.42. The molecule has 1 aromatic heterocycles. The average molecular weight is 299 g/mol. The van der Waals surface area contributed by atoms with Crippen LogP contribution < -0.4 is 5.32 Å². The van der Waals surface area contributed by atoms with E-state index >= 15 is 0 Å². The van der Waals surface area contributed by atoms with Gasteiger partial charge in [-0.15, -0.1) is 0 Å². The zero-order chi connectivity index (χ0) is 15.4. The maximum absolute atomic E-state index is 12.3. The van der Waals surface area contributed by atoms with Gasteiger partial charge in [-0.2, -0.15) is 5.10 Å². The number of carbonyl (C=O) groups is 1. The topological polar surface area (TPSA) is 78.0 Å². The molecule has 0 aliphatic heterocycles. The first-order valence-corrected chi connectivity index (χ1v) is 7.86. The number of rotatable bonds is 4. The molecule has 0 bridgehead atoms. The first-order valence-electron chi connectivity index (χ1n) is 7.86. The lowest BCUT2D eigenvalue weighted by atomic mass is 10.1. The van der Waals surface area contributed by atoms with Crippen LogP contribution in [0.2, 0.25) is 0 Å². The number of amides is 1. The van der Waals surface area contributed by atoms with Crippen molar-refractivity contribution in [2.75, 3.05) is 6.54 Å². The largest absolute Gasteiger partial charge is 0.508 e. The van der Waals surface area contributed by atoms with Crippen LogP contribution in [0.4, 0.5) is 0 Å². The molecule has 3 N–H and O–H groups in total. The molecular formula is C17H21N3O2. The molecule has 116 valence electrons. The molecular weight excluding hydrogens is 278 g/mol. The van der Waals surface area contributed by atoms with Crippen molar-refractivity contribution in [1.29, 1.82) is 0 Å². The highest BCUT2D eigenvalue weighted by molar-refractivity contribution is 5.94. The Hall–Kier alpha value is -2.30. The minimum Gasteiger partial charge on any atom is -0.508 e. The van der Waals surface area contributed by atoms with Gasteiger partial charge in [-0.3, -0.25) is 9.89 Å². The third kappa shape index (κ3) is 3.30. The number of aryl methyl sites for hydroxylation is 1. The molecule has 3 rings (SSSR count). The number of H-pyrrole nitrogens is 1. The first kappa shape index (κ1) is 14.6. The van der Waals surface area contributed by atoms with E-state index in [1.54, 1.807) is 12.1 Å². The number of phenolic OH excluding ortho intramolecular Hbond substituents is 1. The van der Waals surface area contributed by atoms with Crippen molar-refractivity contribution in [3.05, 3.63) is 46.8 Å². The van der Waals surface area contributed by atoms with Crippen LogP contribution in [0.3, 0.4) is 0 Å². The van der Waals surface area contributed by atoms with E-state index in [0.29, 0.717) is 12.2 Å². The van der Waals surface area contributed by atoms with E-state index in [4.69, 9.17) is 0 Å². The lowest BCUT2D eigenvalue weighted by molar-refractivity contribution is 0.0948. The minimum atomic E-state index is -0.0989. The van der Waals surface area contributed by atoms with Gasteiger partial charge in [0.05, 0.1) is 0 Å². The smallest absolute Gasteiger partial charge is 0.272 e. The van der Waals surface area contributed by atoms with E-state index in [-0.39, 0.29) is 11.7 Å². The molecule has 1 aromatic carbocycles. The predicted molar refractivity (Wildman–Crippen MR) is 84.0 cm³/mol. The highest BCUT2D eigenvalue weighted by Crippen LogP contribution is 2.21. The number of aromatic nitrogens is 2. The van der Waals surface area contributed by atoms with Gasteiger partial charge < -0.3 is 10.4 Å². The number of carbonyl (C=O) groups excluding carboxylic acids is 1. The molecule has 1 aliphatic rings. The minimum absolute atomic E-state index is 0.0989. The molecule has 0 atom stereocenters. The zero-order valence-corrected chi connectivity index (χ0v) is 12.6. The Balaban J connectivity index is 1.58. The van der Waals surface area contributed by atoms with Crippen molar-refractivity contribution in [3.63, 3.8) is 0 Å². The summed E-state index contributed by atoms with van der Waals surface area (Å²) in [5.74, 6) is 0.158. The van der Waals surface area contributed by atoms with Gasteiger partial charge in [0.1, 0.15) is 5.75 Å². The lowest BCUT2D eigenvalue weighted by Crippen LogP contribution is -2.27. The fraction of sp³-hybridized carbons (Fsp3) is 0.412. The third-order valence-electron chi connectivity index (χ3n) is 4.16. The van der Waals surface area contributed by atoms with E-state index < -0.39 is 0 Å². The normalized spacial score (nSPS) is 14.2. The molecule has 0 saturated heterocycles. The number of hydrogen-bond donors (Lipinski definition) is 3. The van der Waals surface area contributed by atoms with Crippen LogP contribution in [0.25, 0.3) is 0 Å². The molecule has 1 aliphatic carbocycles. The summed E-state index contributed by atoms with van der Waals surface area (Å²) in [6.07, 6.45) is 6.16. The molecule has 0 spiro atoms. The van der Waals surface area contributed by atoms with Gasteiger partial charge in [-0.1, -0.05) is 18.6 Å². The van der Waals surface area contributed by atoms with Gasteiger partial charge in [0, 0.05) is 17.8 Å². The van der Waals surface area contributed by atoms with Crippen molar-refractivity contribution in [1.82, 2.24) is 15.5 Å². The van der Waals surface area contributed by atoms with Gasteiger partial charge in [-0.25, -0.2) is 0 Å². The summed E-state index contributed by atoms with van der Waals surface area (Å²) in [4.78, 5) is 12.3. The second-order valence-corrected chi connectivity index (χ2v) is 5.76. The average Bonchev–Trinajstić information content (AvgIpc) is 2.78. The number of hydrogen-bond acceptors (Lipinski definition) is 3. The summed E-state index contributed by atoms with van der Waals surface area (Å²) < 4.78 is 0. The first-order chi connectivity index (χ1) is 10.7. The van der Waals surface area contributed by atoms with E-state index in [2.05, 4.69) is 15.5 Å². The molecule has 5 nitrogen and oxygen atoms in total. The van der Waals surface area contributed by atoms with E-state index in [1.807, 2.05) is 12.1 Å². The monoisotopic (exact) mass is 299 g/mol. The highest BCUT2D eigenvalue weighted by Gasteiger charge is 2.20. The maximum atomic E-state index is 12.3. The van der Waals surface area contributed by atoms with Gasteiger partial charge in [0.15, 0.2) is 5.69 Å². The van der Waals surface area contributed by atoms with Crippen LogP contribution in [-0.2, 0) is 19.3 Å². The summed E-state index contributed by atoms with van der Waals surface area (Å²) in [5, 5.41) is 19.4. The van der Waals surface area contributed by atoms with Gasteiger partial charge >= 0.3 is 0 Å². The van der Waals surface area contributed by atoms with Crippen LogP contribution in [-0.4, -0.2) is 27.8 Å². The number of aromatic hydroxyl groups is 1. The van der Waals surface area contributed by atoms with E-state index in [0.717, 1.165) is 48.9 Å². The summed E-state index contributed by atoms with van der Waals surface area (Å²) >= 11 is 0. The SMILES string of the molecule is O=C(NCCc1ccc(O)cc1)c1n[nH]c2c1CCCCC2. The second-order valence-electron chi connectivity index (χ2n) is 5.76. The molecule has 1 heterocycles. The Morgan fingerprint density at radius 2 is 1.95 bits per heavy atom. The van der Waals surface area contributed by atoms with Crippen LogP contribution in [0.15, 0.2) is 24.3 Å². The van der Waals surface area contributed by atoms with Crippen LogP contribution in [0.1, 0.15) is 46.6 Å². The molecule has 1 amide bonds. The summed E-state index contributed by atoms with van der Waals surface area (Å²) in [6, 6.07) is 7.04. The molecule has 0 saturated carbocycles.